The molecule has 0 atom stereocenters. The first-order valence-corrected chi connectivity index (χ1v) is 27.6. The Labute approximate surface area is 431 Å². The zero-order valence-corrected chi connectivity index (χ0v) is 45.0. The van der Waals surface area contributed by atoms with Crippen LogP contribution in [0.25, 0.3) is 94.1 Å². The summed E-state index contributed by atoms with van der Waals surface area (Å²) in [6.07, 6.45) is 1.41. The van der Waals surface area contributed by atoms with Crippen LogP contribution in [0.3, 0.4) is 0 Å². The van der Waals surface area contributed by atoms with Gasteiger partial charge < -0.3 is 8.98 Å². The smallest absolute Gasteiger partial charge is 0.121 e. The summed E-state index contributed by atoms with van der Waals surface area (Å²) in [7, 11) is -1.40. The summed E-state index contributed by atoms with van der Waals surface area (Å²) in [6, 6.07) is 58.3. The average Bonchev–Trinajstić information content (AvgIpc) is 3.93. The minimum absolute atomic E-state index is 0. The second kappa shape index (κ2) is 19.0. The van der Waals surface area contributed by atoms with Gasteiger partial charge in [0.15, 0.2) is 0 Å². The molecule has 7 heteroatoms. The monoisotopic (exact) mass is 1110 g/mol. The number of benzene rings is 8. The average molecular weight is 1110 g/mol. The summed E-state index contributed by atoms with van der Waals surface area (Å²) in [5.74, 6) is 1.90. The molecule has 353 valence electrons. The third kappa shape index (κ3) is 9.07. The summed E-state index contributed by atoms with van der Waals surface area (Å²) in [4.78, 5) is 14.0. The van der Waals surface area contributed by atoms with Crippen LogP contribution in [0.1, 0.15) is 86.8 Å². The van der Waals surface area contributed by atoms with Crippen molar-refractivity contribution in [2.24, 2.45) is 0 Å². The van der Waals surface area contributed by atoms with E-state index in [1.807, 2.05) is 45.0 Å². The van der Waals surface area contributed by atoms with Crippen molar-refractivity contribution in [1.82, 2.24) is 19.5 Å². The molecule has 0 N–H and O–H groups in total. The minimum atomic E-state index is -2.21. The SMILES string of the molecule is CC(C)c1cc(-c2ccc([Si](C)(C)C)cc2)cc(C(C)C)c1-n1c(-c2[c-]ccc3c2oc2cc4c(ccc5ccccc54)cc23)nc2ccccc21.[2H]C([2H])([2H])c1cnc(-c2[c-]cccc2)nc1C(C)(C)C.[Ir]. The molecule has 0 saturated carbocycles. The maximum atomic E-state index is 7.61. The summed E-state index contributed by atoms with van der Waals surface area (Å²) in [6.45, 7) is 20.1. The van der Waals surface area contributed by atoms with Gasteiger partial charge in [0.2, 0.25) is 0 Å². The number of aromatic nitrogens is 4. The quantitative estimate of drug-likeness (QED) is 0.0906. The van der Waals surface area contributed by atoms with E-state index in [1.54, 1.807) is 6.07 Å². The number of furan rings is 1. The van der Waals surface area contributed by atoms with Crippen LogP contribution in [0.15, 0.2) is 156 Å². The summed E-state index contributed by atoms with van der Waals surface area (Å²) in [5.41, 5.74) is 12.1. The van der Waals surface area contributed by atoms with Gasteiger partial charge in [-0.1, -0.05) is 157 Å². The maximum Gasteiger partial charge on any atom is 0.121 e. The van der Waals surface area contributed by atoms with E-state index in [4.69, 9.17) is 13.5 Å². The van der Waals surface area contributed by atoms with E-state index in [1.165, 1.54) is 60.9 Å². The first-order chi connectivity index (χ1) is 34.3. The minimum Gasteiger partial charge on any atom is -0.501 e. The molecule has 0 aliphatic carbocycles. The van der Waals surface area contributed by atoms with E-state index in [0.717, 1.165) is 49.9 Å². The van der Waals surface area contributed by atoms with Crippen molar-refractivity contribution >= 4 is 67.8 Å². The number of para-hydroxylation sites is 2. The van der Waals surface area contributed by atoms with Gasteiger partial charge in [0, 0.05) is 52.6 Å². The molecular weight excluding hydrogens is 1050 g/mol. The van der Waals surface area contributed by atoms with Crippen LogP contribution in [0, 0.1) is 19.0 Å². The molecule has 0 fully saturated rings. The van der Waals surface area contributed by atoms with Crippen molar-refractivity contribution in [3.63, 3.8) is 0 Å². The largest absolute Gasteiger partial charge is 0.501 e. The van der Waals surface area contributed by atoms with Crippen LogP contribution < -0.4 is 5.19 Å². The maximum absolute atomic E-state index is 7.61. The predicted octanol–water partition coefficient (Wildman–Crippen LogP) is 16.7. The first kappa shape index (κ1) is 44.7. The van der Waals surface area contributed by atoms with Crippen molar-refractivity contribution in [3.8, 4) is 39.6 Å². The predicted molar refractivity (Wildman–Crippen MR) is 294 cm³/mol. The third-order valence-electron chi connectivity index (χ3n) is 13.3. The molecule has 0 spiro atoms. The van der Waals surface area contributed by atoms with Crippen molar-refractivity contribution in [1.29, 1.82) is 0 Å². The molecule has 0 bridgehead atoms. The van der Waals surface area contributed by atoms with Gasteiger partial charge in [-0.2, -0.15) is 0 Å². The number of nitrogens with zero attached hydrogens (tertiary/aromatic N) is 4. The molecule has 0 aliphatic heterocycles. The number of aryl methyl sites for hydroxylation is 1. The van der Waals surface area contributed by atoms with E-state index >= 15 is 0 Å². The van der Waals surface area contributed by atoms with Crippen LogP contribution in [-0.4, -0.2) is 27.6 Å². The van der Waals surface area contributed by atoms with Gasteiger partial charge in [0.1, 0.15) is 5.58 Å². The molecular formula is C63H60IrN4OSi-2. The van der Waals surface area contributed by atoms with Crippen LogP contribution in [0.4, 0.5) is 0 Å². The molecule has 0 saturated heterocycles. The normalized spacial score (nSPS) is 12.9. The van der Waals surface area contributed by atoms with Gasteiger partial charge in [-0.15, -0.1) is 54.1 Å². The Balaban J connectivity index is 0.000000264. The number of fused-ring (bicyclic) bond motifs is 7. The van der Waals surface area contributed by atoms with E-state index in [-0.39, 0.29) is 42.9 Å². The van der Waals surface area contributed by atoms with Crippen molar-refractivity contribution in [2.45, 2.75) is 92.2 Å². The summed E-state index contributed by atoms with van der Waals surface area (Å²) in [5, 5.41) is 8.51. The Hall–Kier alpha value is -6.50. The molecule has 0 aliphatic rings. The standard InChI is InChI=1S/C48H43N2OSi.C15H17N2.Ir/c1-29(2)39-26-34(31-21-23-35(24-22-31)52(5,6)7)27-40(30(3)4)46(39)50-44-18-11-10-17-43(44)49-48(50)38-16-12-15-37-42-25-33-20-19-32-13-8-9-14-36(32)41(33)28-45(42)51-47(37)38;1-11-10-16-14(12-8-6-5-7-9-12)17-13(11)15(2,3)4;/h8-15,17-30H,1-7H3;5-8,10H,1-4H3;/q2*-1;/i;1D3;. The van der Waals surface area contributed by atoms with E-state index in [0.29, 0.717) is 11.5 Å². The van der Waals surface area contributed by atoms with Crippen LogP contribution in [0.5, 0.6) is 0 Å². The molecule has 5 nitrogen and oxygen atoms in total. The molecule has 3 aromatic heterocycles. The van der Waals surface area contributed by atoms with Gasteiger partial charge in [-0.3, -0.25) is 15.0 Å². The van der Waals surface area contributed by atoms with Gasteiger partial charge >= 0.3 is 0 Å². The zero-order valence-electron chi connectivity index (χ0n) is 44.6. The van der Waals surface area contributed by atoms with Crippen molar-refractivity contribution in [3.05, 3.63) is 186 Å². The Morgan fingerprint density at radius 1 is 0.657 bits per heavy atom. The molecule has 11 aromatic rings. The van der Waals surface area contributed by atoms with Crippen LogP contribution >= 0.6 is 0 Å². The Morgan fingerprint density at radius 3 is 2.04 bits per heavy atom. The molecule has 70 heavy (non-hydrogen) atoms. The fourth-order valence-electron chi connectivity index (χ4n) is 9.59. The molecule has 8 aromatic carbocycles. The first-order valence-electron chi connectivity index (χ1n) is 25.6. The number of rotatable bonds is 7. The number of hydrogen-bond donors (Lipinski definition) is 0. The van der Waals surface area contributed by atoms with Crippen molar-refractivity contribution < 1.29 is 28.6 Å². The van der Waals surface area contributed by atoms with E-state index in [2.05, 4.69) is 189 Å². The topological polar surface area (TPSA) is 56.7 Å². The van der Waals surface area contributed by atoms with Crippen molar-refractivity contribution in [2.75, 3.05) is 0 Å². The van der Waals surface area contributed by atoms with Gasteiger partial charge in [0.25, 0.3) is 0 Å². The third-order valence-corrected chi connectivity index (χ3v) is 15.3. The number of hydrogen-bond acceptors (Lipinski definition) is 4. The molecule has 11 rings (SSSR count). The van der Waals surface area contributed by atoms with Crippen LogP contribution in [-0.2, 0) is 25.5 Å². The van der Waals surface area contributed by atoms with Crippen LogP contribution in [0.2, 0.25) is 19.6 Å². The molecule has 3 heterocycles. The molecule has 0 amide bonds. The second-order valence-corrected chi connectivity index (χ2v) is 26.0. The van der Waals surface area contributed by atoms with Gasteiger partial charge in [-0.05, 0) is 104 Å². The number of imidazole rings is 1. The van der Waals surface area contributed by atoms with Gasteiger partial charge in [0.05, 0.1) is 36.3 Å². The zero-order chi connectivity index (χ0) is 50.9. The Kier molecular flexibility index (Phi) is 12.1. The Bertz CT molecular complexity index is 3800. The summed E-state index contributed by atoms with van der Waals surface area (Å²) >= 11 is 0. The summed E-state index contributed by atoms with van der Waals surface area (Å²) < 4.78 is 32.1. The van der Waals surface area contributed by atoms with E-state index in [9.17, 15) is 0 Å². The molecule has 0 unspecified atom stereocenters. The van der Waals surface area contributed by atoms with Gasteiger partial charge in [-0.25, -0.2) is 0 Å². The molecule has 1 radical (unpaired) electrons. The fraction of sp³-hybridized carbons (Fsp3) is 0.222. The Morgan fingerprint density at radius 2 is 1.36 bits per heavy atom. The fourth-order valence-corrected chi connectivity index (χ4v) is 10.8. The van der Waals surface area contributed by atoms with E-state index < -0.39 is 14.9 Å². The second-order valence-electron chi connectivity index (χ2n) is 20.9.